The number of carbonyl (C=O) groups excluding carboxylic acids is 2. The van der Waals surface area contributed by atoms with Gasteiger partial charge in [0.15, 0.2) is 5.82 Å². The van der Waals surface area contributed by atoms with Crippen LogP contribution in [0, 0.1) is 11.7 Å². The van der Waals surface area contributed by atoms with Gasteiger partial charge < -0.3 is 24.6 Å². The molecule has 0 spiro atoms. The summed E-state index contributed by atoms with van der Waals surface area (Å²) in [4.78, 5) is 31.3. The molecular formula is C26H33FN6O4. The molecule has 37 heavy (non-hydrogen) atoms. The Kier molecular flexibility index (Phi) is 8.93. The first kappa shape index (κ1) is 27.7. The SMILES string of the molecule is C.CC(C)COC(=O)N1CCc2cc(F)c(C(=O)Nc3cccc(-c4nncn4[C@H](C)CO)n3)cc2C1. The molecule has 1 aliphatic rings. The van der Waals surface area contributed by atoms with Crippen molar-refractivity contribution in [1.29, 1.82) is 0 Å². The lowest BCUT2D eigenvalue weighted by atomic mass is 9.97. The third-order valence-electron chi connectivity index (χ3n) is 5.88. The molecule has 1 aromatic carbocycles. The van der Waals surface area contributed by atoms with Crippen LogP contribution in [0.3, 0.4) is 0 Å². The smallest absolute Gasteiger partial charge is 0.410 e. The van der Waals surface area contributed by atoms with E-state index in [0.29, 0.717) is 36.7 Å². The first-order valence-electron chi connectivity index (χ1n) is 11.8. The van der Waals surface area contributed by atoms with Gasteiger partial charge in [-0.05, 0) is 54.7 Å². The third-order valence-corrected chi connectivity index (χ3v) is 5.88. The van der Waals surface area contributed by atoms with Gasteiger partial charge in [0.05, 0.1) is 24.8 Å². The first-order chi connectivity index (χ1) is 17.3. The Labute approximate surface area is 215 Å². The minimum absolute atomic E-state index is 0. The zero-order valence-electron chi connectivity index (χ0n) is 20.4. The highest BCUT2D eigenvalue weighted by atomic mass is 19.1. The average Bonchev–Trinajstić information content (AvgIpc) is 3.36. The summed E-state index contributed by atoms with van der Waals surface area (Å²) in [6.45, 7) is 6.59. The van der Waals surface area contributed by atoms with Crippen LogP contribution in [0.2, 0.25) is 0 Å². The molecule has 0 saturated heterocycles. The molecule has 0 bridgehead atoms. The van der Waals surface area contributed by atoms with Crippen LogP contribution in [0.15, 0.2) is 36.7 Å². The Morgan fingerprint density at radius 1 is 1.22 bits per heavy atom. The van der Waals surface area contributed by atoms with E-state index in [9.17, 15) is 19.1 Å². The van der Waals surface area contributed by atoms with Crippen molar-refractivity contribution in [3.05, 3.63) is 59.2 Å². The molecule has 10 nitrogen and oxygen atoms in total. The number of aliphatic hydroxyl groups is 1. The van der Waals surface area contributed by atoms with Gasteiger partial charge >= 0.3 is 6.09 Å². The van der Waals surface area contributed by atoms with Gasteiger partial charge in [0, 0.05) is 13.1 Å². The highest BCUT2D eigenvalue weighted by Gasteiger charge is 2.25. The molecule has 0 saturated carbocycles. The number of benzene rings is 1. The van der Waals surface area contributed by atoms with E-state index in [2.05, 4.69) is 20.5 Å². The molecule has 198 valence electrons. The van der Waals surface area contributed by atoms with Crippen molar-refractivity contribution in [2.24, 2.45) is 5.92 Å². The number of hydrogen-bond acceptors (Lipinski definition) is 7. The number of nitrogens with zero attached hydrogens (tertiary/aromatic N) is 5. The second-order valence-corrected chi connectivity index (χ2v) is 9.20. The number of rotatable bonds is 7. The second-order valence-electron chi connectivity index (χ2n) is 9.20. The van der Waals surface area contributed by atoms with Gasteiger partial charge in [0.2, 0.25) is 0 Å². The van der Waals surface area contributed by atoms with Crippen LogP contribution in [0.1, 0.15) is 55.7 Å². The summed E-state index contributed by atoms with van der Waals surface area (Å²) in [7, 11) is 0. The Morgan fingerprint density at radius 2 is 2.00 bits per heavy atom. The number of amides is 2. The zero-order valence-corrected chi connectivity index (χ0v) is 20.4. The zero-order chi connectivity index (χ0) is 25.8. The van der Waals surface area contributed by atoms with Gasteiger partial charge in [-0.3, -0.25) is 4.79 Å². The Balaban J connectivity index is 0.00000380. The number of aromatic nitrogens is 4. The van der Waals surface area contributed by atoms with Crippen LogP contribution < -0.4 is 5.32 Å². The van der Waals surface area contributed by atoms with Crippen molar-refractivity contribution in [3.8, 4) is 11.5 Å². The summed E-state index contributed by atoms with van der Waals surface area (Å²) in [5.41, 5.74) is 1.75. The molecule has 2 amide bonds. The van der Waals surface area contributed by atoms with Crippen molar-refractivity contribution in [2.75, 3.05) is 25.1 Å². The van der Waals surface area contributed by atoms with Gasteiger partial charge in [-0.2, -0.15) is 0 Å². The summed E-state index contributed by atoms with van der Waals surface area (Å²) in [6, 6.07) is 7.54. The van der Waals surface area contributed by atoms with Crippen molar-refractivity contribution in [3.63, 3.8) is 0 Å². The fourth-order valence-corrected chi connectivity index (χ4v) is 3.89. The van der Waals surface area contributed by atoms with E-state index >= 15 is 0 Å². The van der Waals surface area contributed by atoms with E-state index in [4.69, 9.17) is 4.74 Å². The molecule has 3 heterocycles. The van der Waals surface area contributed by atoms with Gasteiger partial charge in [-0.15, -0.1) is 10.2 Å². The third kappa shape index (κ3) is 6.29. The summed E-state index contributed by atoms with van der Waals surface area (Å²) in [5.74, 6) is -0.451. The number of halogens is 1. The summed E-state index contributed by atoms with van der Waals surface area (Å²) < 4.78 is 21.8. The maximum atomic E-state index is 14.8. The number of nitrogens with one attached hydrogen (secondary N) is 1. The van der Waals surface area contributed by atoms with Crippen LogP contribution in [0.4, 0.5) is 15.0 Å². The van der Waals surface area contributed by atoms with Crippen LogP contribution in [-0.2, 0) is 17.7 Å². The highest BCUT2D eigenvalue weighted by molar-refractivity contribution is 6.04. The summed E-state index contributed by atoms with van der Waals surface area (Å²) >= 11 is 0. The minimum Gasteiger partial charge on any atom is -0.449 e. The van der Waals surface area contributed by atoms with E-state index in [1.54, 1.807) is 27.7 Å². The molecule has 2 aromatic heterocycles. The molecule has 1 aliphatic heterocycles. The molecule has 0 aliphatic carbocycles. The highest BCUT2D eigenvalue weighted by Crippen LogP contribution is 2.25. The van der Waals surface area contributed by atoms with E-state index in [0.717, 1.165) is 5.56 Å². The average molecular weight is 513 g/mol. The monoisotopic (exact) mass is 512 g/mol. The van der Waals surface area contributed by atoms with Crippen LogP contribution >= 0.6 is 0 Å². The number of pyridine rings is 1. The van der Waals surface area contributed by atoms with Crippen LogP contribution in [0.25, 0.3) is 11.5 Å². The fourth-order valence-electron chi connectivity index (χ4n) is 3.89. The fraction of sp³-hybridized carbons (Fsp3) is 0.423. The van der Waals surface area contributed by atoms with Gasteiger partial charge in [-0.1, -0.05) is 27.3 Å². The lowest BCUT2D eigenvalue weighted by Crippen LogP contribution is -2.37. The van der Waals surface area contributed by atoms with E-state index < -0.39 is 17.8 Å². The molecule has 4 rings (SSSR count). The van der Waals surface area contributed by atoms with Crippen molar-refractivity contribution in [2.45, 2.75) is 47.2 Å². The van der Waals surface area contributed by atoms with Crippen molar-refractivity contribution >= 4 is 17.8 Å². The van der Waals surface area contributed by atoms with E-state index in [1.807, 2.05) is 20.8 Å². The number of anilines is 1. The summed E-state index contributed by atoms with van der Waals surface area (Å²) in [5, 5.41) is 20.0. The quantitative estimate of drug-likeness (QED) is 0.489. The van der Waals surface area contributed by atoms with Crippen molar-refractivity contribution < 1.29 is 23.8 Å². The second kappa shape index (κ2) is 11.9. The van der Waals surface area contributed by atoms with E-state index in [-0.39, 0.29) is 43.9 Å². The summed E-state index contributed by atoms with van der Waals surface area (Å²) in [6.07, 6.45) is 1.55. The van der Waals surface area contributed by atoms with Gasteiger partial charge in [0.25, 0.3) is 5.91 Å². The van der Waals surface area contributed by atoms with Crippen LogP contribution in [-0.4, -0.2) is 61.5 Å². The van der Waals surface area contributed by atoms with Gasteiger partial charge in [0.1, 0.15) is 23.7 Å². The largest absolute Gasteiger partial charge is 0.449 e. The predicted molar refractivity (Wildman–Crippen MR) is 136 cm³/mol. The van der Waals surface area contributed by atoms with Crippen molar-refractivity contribution in [1.82, 2.24) is 24.6 Å². The lowest BCUT2D eigenvalue weighted by molar-refractivity contribution is 0.0879. The number of fused-ring (bicyclic) bond motifs is 1. The molecule has 3 aromatic rings. The maximum Gasteiger partial charge on any atom is 0.410 e. The standard InChI is InChI=1S/C25H29FN6O4.CH4/c1-15(2)13-36-25(35)31-8-7-17-10-20(26)19(9-18(17)11-31)24(34)29-22-6-4-5-21(28-22)23-30-27-14-32(23)16(3)12-33;/h4-6,9-10,14-16,33H,7-8,11-13H2,1-3H3,(H,28,29,34);1H4/t16-;/m1./s1. The molecule has 0 fully saturated rings. The maximum absolute atomic E-state index is 14.8. The Morgan fingerprint density at radius 3 is 2.73 bits per heavy atom. The minimum atomic E-state index is -0.662. The molecule has 0 unspecified atom stereocenters. The normalized spacial score (nSPS) is 13.5. The number of aliphatic hydroxyl groups excluding tert-OH is 1. The number of ether oxygens (including phenoxy) is 1. The van der Waals surface area contributed by atoms with Crippen LogP contribution in [0.5, 0.6) is 0 Å². The number of hydrogen-bond donors (Lipinski definition) is 2. The predicted octanol–water partition coefficient (Wildman–Crippen LogP) is 4.07. The number of carbonyl (C=O) groups is 2. The molecule has 2 N–H and O–H groups in total. The Bertz CT molecular complexity index is 1260. The van der Waals surface area contributed by atoms with Gasteiger partial charge in [-0.25, -0.2) is 14.2 Å². The topological polar surface area (TPSA) is 122 Å². The lowest BCUT2D eigenvalue weighted by Gasteiger charge is -2.29. The molecular weight excluding hydrogens is 479 g/mol. The first-order valence-corrected chi connectivity index (χ1v) is 11.8. The molecule has 11 heteroatoms. The Hall–Kier alpha value is -3.86. The molecule has 1 atom stereocenters. The van der Waals surface area contributed by atoms with E-state index in [1.165, 1.54) is 18.5 Å². The molecule has 0 radical (unpaired) electrons.